The second kappa shape index (κ2) is 5.44. The first-order valence-electron chi connectivity index (χ1n) is 8.09. The van der Waals surface area contributed by atoms with Gasteiger partial charge in [0.05, 0.1) is 17.4 Å². The van der Waals surface area contributed by atoms with E-state index in [1.165, 1.54) is 12.1 Å². The minimum Gasteiger partial charge on any atom is -0.354 e. The molecule has 0 spiro atoms. The van der Waals surface area contributed by atoms with Gasteiger partial charge in [-0.3, -0.25) is 4.79 Å². The molecule has 3 rings (SSSR count). The third-order valence-corrected chi connectivity index (χ3v) is 5.58. The van der Waals surface area contributed by atoms with E-state index in [1.807, 2.05) is 13.3 Å². The van der Waals surface area contributed by atoms with Crippen LogP contribution in [0.15, 0.2) is 6.33 Å². The standard InChI is InChI=1S/C16H26N4O/c1-4-16(9-13-5-6-14(16)19-13)15(21)17-7-8-20-10-18-11(2)12(20)3/h10,13-14,19H,4-9H2,1-3H3,(H,17,21)/t13-,14+,16+/m0/s1. The monoisotopic (exact) mass is 290 g/mol. The van der Waals surface area contributed by atoms with Crippen molar-refractivity contribution in [2.75, 3.05) is 6.54 Å². The van der Waals surface area contributed by atoms with Crippen LogP contribution in [-0.2, 0) is 11.3 Å². The van der Waals surface area contributed by atoms with Crippen LogP contribution in [0.5, 0.6) is 0 Å². The average Bonchev–Trinajstić information content (AvgIpc) is 3.17. The van der Waals surface area contributed by atoms with E-state index >= 15 is 0 Å². The van der Waals surface area contributed by atoms with Gasteiger partial charge in [0, 0.05) is 30.9 Å². The number of fused-ring (bicyclic) bond motifs is 2. The summed E-state index contributed by atoms with van der Waals surface area (Å²) in [5.41, 5.74) is 2.06. The molecule has 2 fully saturated rings. The minimum atomic E-state index is -0.178. The molecular weight excluding hydrogens is 264 g/mol. The van der Waals surface area contributed by atoms with E-state index in [4.69, 9.17) is 0 Å². The number of amides is 1. The van der Waals surface area contributed by atoms with E-state index in [-0.39, 0.29) is 11.3 Å². The minimum absolute atomic E-state index is 0.178. The van der Waals surface area contributed by atoms with Crippen molar-refractivity contribution in [1.29, 1.82) is 0 Å². The van der Waals surface area contributed by atoms with Gasteiger partial charge in [0.1, 0.15) is 0 Å². The molecule has 1 aromatic rings. The zero-order chi connectivity index (χ0) is 15.0. The van der Waals surface area contributed by atoms with Crippen molar-refractivity contribution in [2.45, 2.75) is 65.1 Å². The Kier molecular flexibility index (Phi) is 3.78. The Labute approximate surface area is 126 Å². The molecule has 2 aliphatic heterocycles. The molecule has 1 aromatic heterocycles. The Bertz CT molecular complexity index is 538. The van der Waals surface area contributed by atoms with Crippen LogP contribution < -0.4 is 10.6 Å². The third kappa shape index (κ3) is 2.37. The van der Waals surface area contributed by atoms with Gasteiger partial charge in [-0.1, -0.05) is 6.92 Å². The van der Waals surface area contributed by atoms with Gasteiger partial charge in [0.25, 0.3) is 0 Å². The summed E-state index contributed by atoms with van der Waals surface area (Å²) in [4.78, 5) is 17.0. The molecule has 1 amide bonds. The summed E-state index contributed by atoms with van der Waals surface area (Å²) in [6.07, 6.45) is 6.16. The summed E-state index contributed by atoms with van der Waals surface area (Å²) in [5, 5.41) is 6.75. The number of carbonyl (C=O) groups excluding carboxylic acids is 1. The molecule has 5 nitrogen and oxygen atoms in total. The molecule has 0 aliphatic carbocycles. The summed E-state index contributed by atoms with van der Waals surface area (Å²) in [6.45, 7) is 7.69. The predicted molar refractivity (Wildman–Crippen MR) is 82.0 cm³/mol. The molecule has 0 unspecified atom stereocenters. The van der Waals surface area contributed by atoms with Crippen LogP contribution in [0, 0.1) is 19.3 Å². The van der Waals surface area contributed by atoms with Gasteiger partial charge < -0.3 is 15.2 Å². The van der Waals surface area contributed by atoms with Crippen LogP contribution in [0.2, 0.25) is 0 Å². The molecule has 0 saturated carbocycles. The first-order chi connectivity index (χ1) is 10.1. The molecule has 0 aromatic carbocycles. The summed E-state index contributed by atoms with van der Waals surface area (Å²) in [7, 11) is 0. The van der Waals surface area contributed by atoms with Crippen molar-refractivity contribution in [3.63, 3.8) is 0 Å². The molecule has 116 valence electrons. The molecule has 5 heteroatoms. The van der Waals surface area contributed by atoms with Crippen LogP contribution in [0.4, 0.5) is 0 Å². The van der Waals surface area contributed by atoms with Gasteiger partial charge in [0.15, 0.2) is 0 Å². The third-order valence-electron chi connectivity index (χ3n) is 5.58. The highest BCUT2D eigenvalue weighted by Gasteiger charge is 2.54. The van der Waals surface area contributed by atoms with Crippen molar-refractivity contribution in [3.05, 3.63) is 17.7 Å². The normalized spacial score (nSPS) is 30.8. The maximum absolute atomic E-state index is 12.7. The lowest BCUT2D eigenvalue weighted by molar-refractivity contribution is -0.132. The topological polar surface area (TPSA) is 59.0 Å². The van der Waals surface area contributed by atoms with Crippen LogP contribution >= 0.6 is 0 Å². The molecule has 2 bridgehead atoms. The molecular formula is C16H26N4O. The largest absolute Gasteiger partial charge is 0.354 e. The maximum Gasteiger partial charge on any atom is 0.227 e. The highest BCUT2D eigenvalue weighted by Crippen LogP contribution is 2.45. The Hall–Kier alpha value is -1.36. The van der Waals surface area contributed by atoms with Gasteiger partial charge in [-0.15, -0.1) is 0 Å². The van der Waals surface area contributed by atoms with Gasteiger partial charge in [0.2, 0.25) is 5.91 Å². The number of aryl methyl sites for hydroxylation is 1. The fraction of sp³-hybridized carbons (Fsp3) is 0.750. The average molecular weight is 290 g/mol. The number of rotatable bonds is 5. The number of hydrogen-bond acceptors (Lipinski definition) is 3. The number of carbonyl (C=O) groups is 1. The van der Waals surface area contributed by atoms with Crippen LogP contribution in [0.1, 0.15) is 44.0 Å². The Morgan fingerprint density at radius 3 is 2.86 bits per heavy atom. The highest BCUT2D eigenvalue weighted by molar-refractivity contribution is 5.84. The molecule has 2 N–H and O–H groups in total. The summed E-state index contributed by atoms with van der Waals surface area (Å²) < 4.78 is 2.10. The second-order valence-electron chi connectivity index (χ2n) is 6.57. The molecule has 21 heavy (non-hydrogen) atoms. The van der Waals surface area contributed by atoms with Gasteiger partial charge in [-0.25, -0.2) is 4.98 Å². The number of nitrogens with zero attached hydrogens (tertiary/aromatic N) is 2. The van der Waals surface area contributed by atoms with E-state index in [0.29, 0.717) is 18.6 Å². The molecule has 3 atom stereocenters. The molecule has 0 radical (unpaired) electrons. The van der Waals surface area contributed by atoms with Crippen LogP contribution in [0.3, 0.4) is 0 Å². The van der Waals surface area contributed by atoms with Crippen molar-refractivity contribution in [2.24, 2.45) is 5.41 Å². The smallest absolute Gasteiger partial charge is 0.227 e. The number of imidazole rings is 1. The summed E-state index contributed by atoms with van der Waals surface area (Å²) >= 11 is 0. The fourth-order valence-corrected chi connectivity index (χ4v) is 4.04. The highest BCUT2D eigenvalue weighted by atomic mass is 16.2. The van der Waals surface area contributed by atoms with Gasteiger partial charge in [-0.2, -0.15) is 0 Å². The second-order valence-corrected chi connectivity index (χ2v) is 6.57. The van der Waals surface area contributed by atoms with E-state index in [1.54, 1.807) is 0 Å². The van der Waals surface area contributed by atoms with E-state index in [0.717, 1.165) is 31.5 Å². The zero-order valence-electron chi connectivity index (χ0n) is 13.3. The lowest BCUT2D eigenvalue weighted by Gasteiger charge is -2.34. The van der Waals surface area contributed by atoms with E-state index in [9.17, 15) is 4.79 Å². The fourth-order valence-electron chi connectivity index (χ4n) is 4.04. The van der Waals surface area contributed by atoms with Gasteiger partial charge in [-0.05, 0) is 39.5 Å². The SMILES string of the molecule is CC[C@@]1(C(=O)NCCn2cnc(C)c2C)C[C@@H]2CC[C@H]1N2. The Morgan fingerprint density at radius 2 is 2.33 bits per heavy atom. The van der Waals surface area contributed by atoms with Crippen molar-refractivity contribution >= 4 is 5.91 Å². The number of hydrogen-bond donors (Lipinski definition) is 2. The number of nitrogens with one attached hydrogen (secondary N) is 2. The zero-order valence-corrected chi connectivity index (χ0v) is 13.3. The van der Waals surface area contributed by atoms with E-state index in [2.05, 4.69) is 34.0 Å². The molecule has 3 heterocycles. The van der Waals surface area contributed by atoms with Crippen molar-refractivity contribution in [3.8, 4) is 0 Å². The van der Waals surface area contributed by atoms with Crippen LogP contribution in [-0.4, -0.2) is 34.1 Å². The first kappa shape index (κ1) is 14.6. The Balaban J connectivity index is 1.58. The first-order valence-corrected chi connectivity index (χ1v) is 8.09. The lowest BCUT2D eigenvalue weighted by atomic mass is 9.71. The number of aromatic nitrogens is 2. The quantitative estimate of drug-likeness (QED) is 0.865. The van der Waals surface area contributed by atoms with Crippen molar-refractivity contribution in [1.82, 2.24) is 20.2 Å². The van der Waals surface area contributed by atoms with Crippen molar-refractivity contribution < 1.29 is 4.79 Å². The lowest BCUT2D eigenvalue weighted by Crippen LogP contribution is -2.48. The summed E-state index contributed by atoms with van der Waals surface area (Å²) in [6, 6.07) is 0.934. The maximum atomic E-state index is 12.7. The summed E-state index contributed by atoms with van der Waals surface area (Å²) in [5.74, 6) is 0.235. The van der Waals surface area contributed by atoms with Crippen LogP contribution in [0.25, 0.3) is 0 Å². The predicted octanol–water partition coefficient (Wildman–Crippen LogP) is 1.54. The Morgan fingerprint density at radius 1 is 1.52 bits per heavy atom. The van der Waals surface area contributed by atoms with E-state index < -0.39 is 0 Å². The molecule has 2 saturated heterocycles. The molecule has 2 aliphatic rings. The van der Waals surface area contributed by atoms with Gasteiger partial charge >= 0.3 is 0 Å².